The number of carbonyl (C=O) groups is 11. The largest absolute Gasteiger partial charge is 0.396 e. The summed E-state index contributed by atoms with van der Waals surface area (Å²) in [5, 5.41) is 117. The summed E-state index contributed by atoms with van der Waals surface area (Å²) < 4.78 is 41.6. The van der Waals surface area contributed by atoms with E-state index in [0.29, 0.717) is 77.0 Å². The summed E-state index contributed by atoms with van der Waals surface area (Å²) in [5.74, 6) is -4.10. The third kappa shape index (κ3) is 43.8. The molecule has 3 aliphatic rings. The molecule has 0 aromatic heterocycles. The van der Waals surface area contributed by atoms with Crippen LogP contribution in [0.4, 0.5) is 0 Å². The van der Waals surface area contributed by atoms with Crippen molar-refractivity contribution in [3.63, 3.8) is 0 Å². The summed E-state index contributed by atoms with van der Waals surface area (Å²) in [6.45, 7) is 9.15. The van der Waals surface area contributed by atoms with Crippen LogP contribution in [0.1, 0.15) is 228 Å². The standard InChI is InChI=1S/C80H143N9O27/c1-53(93)86-69-59(45-56(47-90)72(104)75(69)107)113-39-21-17-28-63(98)82-35-23-37-84-66(101)32-43-111-51-80(89-68(103)30-14-12-10-8-7-9-11-13-27-62(97)79(4,5)6,50-110-42-31-65(100)81-34-19-15-25-58(96)26-16-20-41-115-78-71(88-55(3)95)77(109)74(106)61(49-92)116-78)52-112-44-33-67(102)85-38-24-36-83-64(99)29-18-22-40-114-60-46-57(48-91)73(105)76(108)70(60)87-54(2)94/h56-57,59-61,69-78,90-92,104-109H,7-52H2,1-6H3,(H,81,100)(H,82,98)(H,83,99)(H,84,101)(H,85,102)(H,86,93)(H,87,94)(H,88,95)(H,89,103)/t56?,57?,59-,60-,61?,69?,70?,71?,72-,73-,74-,75-,76-,77-,78-,80?/m1/s1. The number of rotatable bonds is 64. The van der Waals surface area contributed by atoms with Crippen LogP contribution in [0.2, 0.25) is 0 Å². The van der Waals surface area contributed by atoms with Crippen LogP contribution in [-0.4, -0.2) is 308 Å². The van der Waals surface area contributed by atoms with Crippen LogP contribution in [0.5, 0.6) is 0 Å². The minimum absolute atomic E-state index is 0.00665. The van der Waals surface area contributed by atoms with Crippen molar-refractivity contribution in [2.24, 2.45) is 17.3 Å². The van der Waals surface area contributed by atoms with Crippen molar-refractivity contribution in [1.29, 1.82) is 0 Å². The number of hydrogen-bond donors (Lipinski definition) is 18. The van der Waals surface area contributed by atoms with E-state index in [4.69, 9.17) is 33.2 Å². The lowest BCUT2D eigenvalue weighted by Gasteiger charge is -2.42. The highest BCUT2D eigenvalue weighted by atomic mass is 16.7. The number of ketones is 2. The van der Waals surface area contributed by atoms with Gasteiger partial charge in [0.1, 0.15) is 53.7 Å². The fraction of sp³-hybridized carbons (Fsp3) is 0.863. The zero-order valence-electron chi connectivity index (χ0n) is 69.6. The normalized spacial score (nSPS) is 23.9. The van der Waals surface area contributed by atoms with Gasteiger partial charge in [-0.15, -0.1) is 0 Å². The highest BCUT2D eigenvalue weighted by Crippen LogP contribution is 2.31. The van der Waals surface area contributed by atoms with Crippen molar-refractivity contribution >= 4 is 64.7 Å². The molecule has 3 fully saturated rings. The van der Waals surface area contributed by atoms with Gasteiger partial charge in [0, 0.05) is 162 Å². The van der Waals surface area contributed by atoms with Gasteiger partial charge in [-0.2, -0.15) is 0 Å². The molecule has 3 rings (SSSR count). The number of Topliss-reactive ketones (excluding diaryl/α,β-unsaturated/α-hetero) is 2. The Hall–Kier alpha value is -6.07. The summed E-state index contributed by atoms with van der Waals surface area (Å²) in [4.78, 5) is 139. The number of hydrogen-bond acceptors (Lipinski definition) is 27. The molecule has 116 heavy (non-hydrogen) atoms. The van der Waals surface area contributed by atoms with Gasteiger partial charge in [-0.25, -0.2) is 0 Å². The number of ether oxygens (including phenoxy) is 7. The first-order valence-electron chi connectivity index (χ1n) is 42.0. The fourth-order valence-electron chi connectivity index (χ4n) is 13.8. The monoisotopic (exact) mass is 1660 g/mol. The maximum absolute atomic E-state index is 14.0. The number of nitrogens with one attached hydrogen (secondary N) is 9. The average Bonchev–Trinajstić information content (AvgIpc) is 0.816. The van der Waals surface area contributed by atoms with Gasteiger partial charge in [0.25, 0.3) is 0 Å². The molecule has 670 valence electrons. The van der Waals surface area contributed by atoms with Crippen molar-refractivity contribution in [1.82, 2.24) is 47.9 Å². The molecule has 2 aliphatic carbocycles. The minimum Gasteiger partial charge on any atom is -0.396 e. The Balaban J connectivity index is 1.57. The molecule has 0 spiro atoms. The third-order valence-corrected chi connectivity index (χ3v) is 20.7. The van der Waals surface area contributed by atoms with Crippen molar-refractivity contribution in [3.05, 3.63) is 0 Å². The number of carbonyl (C=O) groups excluding carboxylic acids is 11. The van der Waals surface area contributed by atoms with Crippen LogP contribution in [0.25, 0.3) is 0 Å². The second kappa shape index (κ2) is 59.6. The van der Waals surface area contributed by atoms with Crippen LogP contribution < -0.4 is 47.9 Å². The molecule has 15 atom stereocenters. The Bertz CT molecular complexity index is 2620. The summed E-state index contributed by atoms with van der Waals surface area (Å²) in [7, 11) is 0. The van der Waals surface area contributed by atoms with Crippen molar-refractivity contribution in [2.75, 3.05) is 112 Å². The van der Waals surface area contributed by atoms with Crippen LogP contribution >= 0.6 is 0 Å². The molecule has 9 amide bonds. The first kappa shape index (κ1) is 104. The van der Waals surface area contributed by atoms with E-state index in [1.807, 2.05) is 20.8 Å². The van der Waals surface area contributed by atoms with Crippen LogP contribution in [-0.2, 0) is 85.9 Å². The SMILES string of the molecule is CC(=O)NC1[C@H](OCCCCC(=O)CCCCNC(=O)CCOCC(COCCC(=O)NCCCNC(=O)CCCCO[C@@H]2CC(CO)[C@@H](O)[C@H](O)C2NC(C)=O)(COCCC(=O)NCCCNC(=O)CCCCO[C@@H]2CC(CO)[C@@H](O)[C@H](O)C2NC(C)=O)NC(=O)CCCCCCCCCCC(=O)C(C)(C)C)OC(CO)[C@@H](O)[C@@H]1O. The molecule has 36 nitrogen and oxygen atoms in total. The number of unbranched alkanes of at least 4 members (excludes halogenated alkanes) is 11. The summed E-state index contributed by atoms with van der Waals surface area (Å²) >= 11 is 0. The topological polar surface area (TPSA) is 543 Å². The predicted octanol–water partition coefficient (Wildman–Crippen LogP) is -0.603. The molecule has 6 unspecified atom stereocenters. The molecule has 0 radical (unpaired) electrons. The van der Waals surface area contributed by atoms with Gasteiger partial charge in [-0.3, -0.25) is 52.7 Å². The van der Waals surface area contributed by atoms with E-state index in [2.05, 4.69) is 47.9 Å². The van der Waals surface area contributed by atoms with Gasteiger partial charge < -0.3 is 127 Å². The maximum atomic E-state index is 14.0. The molecule has 0 aromatic rings. The highest BCUT2D eigenvalue weighted by Gasteiger charge is 2.47. The Morgan fingerprint density at radius 3 is 1.09 bits per heavy atom. The summed E-state index contributed by atoms with van der Waals surface area (Å²) in [6.07, 6.45) is 1.86. The molecule has 0 aromatic carbocycles. The first-order valence-corrected chi connectivity index (χ1v) is 42.0. The van der Waals surface area contributed by atoms with E-state index in [1.54, 1.807) is 0 Å². The number of amides is 9. The Morgan fingerprint density at radius 2 is 0.690 bits per heavy atom. The van der Waals surface area contributed by atoms with Gasteiger partial charge in [0.05, 0.1) is 82.7 Å². The number of aliphatic hydroxyl groups excluding tert-OH is 9. The van der Waals surface area contributed by atoms with Gasteiger partial charge in [-0.1, -0.05) is 59.3 Å². The molecular formula is C80H143N9O27. The van der Waals surface area contributed by atoms with Gasteiger partial charge in [-0.05, 0) is 89.9 Å². The van der Waals surface area contributed by atoms with E-state index in [-0.39, 0.29) is 222 Å². The average molecular weight is 1660 g/mol. The third-order valence-electron chi connectivity index (χ3n) is 20.7. The number of aliphatic hydroxyl groups is 9. The molecule has 1 aliphatic heterocycles. The Morgan fingerprint density at radius 1 is 0.353 bits per heavy atom. The van der Waals surface area contributed by atoms with Crippen LogP contribution in [0.15, 0.2) is 0 Å². The summed E-state index contributed by atoms with van der Waals surface area (Å²) in [6, 6.07) is -2.82. The molecule has 1 saturated heterocycles. The van der Waals surface area contributed by atoms with E-state index in [9.17, 15) is 98.7 Å². The van der Waals surface area contributed by atoms with Crippen LogP contribution in [0, 0.1) is 17.3 Å². The second-order valence-electron chi connectivity index (χ2n) is 32.0. The second-order valence-corrected chi connectivity index (χ2v) is 32.0. The lowest BCUT2D eigenvalue weighted by molar-refractivity contribution is -0.270. The Kier molecular flexibility index (Phi) is 53.5. The first-order chi connectivity index (χ1) is 55.3. The van der Waals surface area contributed by atoms with Gasteiger partial charge in [0.15, 0.2) is 6.29 Å². The molecule has 18 N–H and O–H groups in total. The highest BCUT2D eigenvalue weighted by molar-refractivity contribution is 5.83. The lowest BCUT2D eigenvalue weighted by Crippen LogP contribution is -2.64. The quantitative estimate of drug-likeness (QED) is 0.0338. The zero-order valence-corrected chi connectivity index (χ0v) is 69.6. The van der Waals surface area contributed by atoms with Crippen molar-refractivity contribution < 1.29 is 132 Å². The van der Waals surface area contributed by atoms with Crippen molar-refractivity contribution in [3.8, 4) is 0 Å². The smallest absolute Gasteiger partial charge is 0.222 e. The predicted molar refractivity (Wildman–Crippen MR) is 423 cm³/mol. The molecule has 2 saturated carbocycles. The van der Waals surface area contributed by atoms with E-state index in [0.717, 1.165) is 44.9 Å². The van der Waals surface area contributed by atoms with E-state index < -0.39 is 121 Å². The van der Waals surface area contributed by atoms with Crippen molar-refractivity contribution in [2.45, 2.75) is 313 Å². The molecule has 1 heterocycles. The molecule has 36 heteroatoms. The Labute approximate surface area is 683 Å². The summed E-state index contributed by atoms with van der Waals surface area (Å²) in [5.41, 5.74) is -1.75. The van der Waals surface area contributed by atoms with Crippen LogP contribution in [0.3, 0.4) is 0 Å². The van der Waals surface area contributed by atoms with Gasteiger partial charge in [0.2, 0.25) is 53.2 Å². The minimum atomic E-state index is -1.45. The van der Waals surface area contributed by atoms with E-state index >= 15 is 0 Å². The molecule has 0 bridgehead atoms. The van der Waals surface area contributed by atoms with Gasteiger partial charge >= 0.3 is 0 Å². The maximum Gasteiger partial charge on any atom is 0.222 e. The lowest BCUT2D eigenvalue weighted by atomic mass is 9.79. The molecular weight excluding hydrogens is 1520 g/mol. The van der Waals surface area contributed by atoms with E-state index in [1.165, 1.54) is 20.8 Å². The fourth-order valence-corrected chi connectivity index (χ4v) is 13.8. The zero-order chi connectivity index (χ0) is 85.9.